The van der Waals surface area contributed by atoms with Gasteiger partial charge in [0.15, 0.2) is 11.4 Å². The molecular weight excluding hydrogens is 477 g/mol. The first-order valence-corrected chi connectivity index (χ1v) is 13.3. The zero-order valence-electron chi connectivity index (χ0n) is 20.1. The van der Waals surface area contributed by atoms with Crippen molar-refractivity contribution in [3.8, 4) is 5.75 Å². The lowest BCUT2D eigenvalue weighted by Crippen LogP contribution is -2.64. The van der Waals surface area contributed by atoms with E-state index in [1.807, 2.05) is 23.1 Å². The summed E-state index contributed by atoms with van der Waals surface area (Å²) in [6, 6.07) is 9.28. The smallest absolute Gasteiger partial charge is 0.278 e. The molecule has 3 aliphatic heterocycles. The second-order valence-corrected chi connectivity index (χ2v) is 11.2. The van der Waals surface area contributed by atoms with Gasteiger partial charge in [-0.25, -0.2) is 4.39 Å². The summed E-state index contributed by atoms with van der Waals surface area (Å²) in [5.74, 6) is -0.354. The van der Waals surface area contributed by atoms with E-state index in [2.05, 4.69) is 23.2 Å². The van der Waals surface area contributed by atoms with Gasteiger partial charge in [0.2, 0.25) is 5.43 Å². The van der Waals surface area contributed by atoms with Crippen LogP contribution in [-0.2, 0) is 0 Å². The summed E-state index contributed by atoms with van der Waals surface area (Å²) in [6.07, 6.45) is 12.8. The van der Waals surface area contributed by atoms with Crippen LogP contribution in [0.25, 0.3) is 0 Å². The van der Waals surface area contributed by atoms with Crippen molar-refractivity contribution >= 4 is 17.7 Å². The number of fused-ring (bicyclic) bond motifs is 3. The fourth-order valence-electron chi connectivity index (χ4n) is 5.70. The minimum Gasteiger partial charge on any atom is -0.502 e. The van der Waals surface area contributed by atoms with Crippen LogP contribution < -0.4 is 10.4 Å². The highest BCUT2D eigenvalue weighted by Crippen LogP contribution is 2.57. The molecule has 0 unspecified atom stereocenters. The molecule has 2 atom stereocenters. The second-order valence-electron chi connectivity index (χ2n) is 10.2. The molecule has 0 bridgehead atoms. The Hall–Kier alpha value is -3.26. The molecule has 2 aromatic rings. The summed E-state index contributed by atoms with van der Waals surface area (Å²) in [7, 11) is 0. The number of amides is 1. The number of halogens is 1. The Balaban J connectivity index is 1.55. The lowest BCUT2D eigenvalue weighted by atomic mass is 9.89. The highest BCUT2D eigenvalue weighted by Gasteiger charge is 2.54. The average molecular weight is 506 g/mol. The molecule has 6 nitrogen and oxygen atoms in total. The number of nitrogens with zero attached hydrogens (tertiary/aromatic N) is 3. The quantitative estimate of drug-likeness (QED) is 0.592. The molecule has 8 heteroatoms. The molecule has 1 N–H and O–H groups in total. The van der Waals surface area contributed by atoms with Gasteiger partial charge in [-0.05, 0) is 61.3 Å². The van der Waals surface area contributed by atoms with E-state index in [0.29, 0.717) is 6.54 Å². The van der Waals surface area contributed by atoms with Crippen LogP contribution >= 0.6 is 11.8 Å². The van der Waals surface area contributed by atoms with Crippen LogP contribution in [0.3, 0.4) is 0 Å². The van der Waals surface area contributed by atoms with Crippen molar-refractivity contribution in [2.24, 2.45) is 5.41 Å². The molecule has 0 radical (unpaired) electrons. The van der Waals surface area contributed by atoms with Crippen LogP contribution in [0.15, 0.2) is 81.9 Å². The van der Waals surface area contributed by atoms with Crippen molar-refractivity contribution in [3.05, 3.63) is 93.7 Å². The molecule has 4 aliphatic rings. The SMILES string of the molecule is C/C(F)=C\C=C/C1=C[C@H](N2[C@@H]3CC4(CCN3C(=O)c3c(O)c(=O)ccn32)CC4)c2ccccc2SC1. The van der Waals surface area contributed by atoms with E-state index in [0.717, 1.165) is 47.5 Å². The first-order chi connectivity index (χ1) is 17.4. The lowest BCUT2D eigenvalue weighted by molar-refractivity contribution is 0.0350. The Morgan fingerprint density at radius 1 is 1.19 bits per heavy atom. The third-order valence-corrected chi connectivity index (χ3v) is 8.97. The third-order valence-electron chi connectivity index (χ3n) is 7.81. The van der Waals surface area contributed by atoms with Gasteiger partial charge in [-0.15, -0.1) is 11.8 Å². The fourth-order valence-corrected chi connectivity index (χ4v) is 6.75. The van der Waals surface area contributed by atoms with E-state index in [1.54, 1.807) is 28.7 Å². The van der Waals surface area contributed by atoms with Crippen LogP contribution in [0.1, 0.15) is 54.7 Å². The van der Waals surface area contributed by atoms with E-state index in [-0.39, 0.29) is 35.1 Å². The van der Waals surface area contributed by atoms with Crippen LogP contribution in [0.2, 0.25) is 0 Å². The summed E-state index contributed by atoms with van der Waals surface area (Å²) < 4.78 is 15.0. The normalized spacial score (nSPS) is 24.8. The summed E-state index contributed by atoms with van der Waals surface area (Å²) in [5.41, 5.74) is 1.84. The zero-order valence-corrected chi connectivity index (χ0v) is 20.9. The van der Waals surface area contributed by atoms with Crippen LogP contribution in [0, 0.1) is 5.41 Å². The monoisotopic (exact) mass is 505 g/mol. The van der Waals surface area contributed by atoms with E-state index < -0.39 is 11.2 Å². The minimum absolute atomic E-state index is 0.0151. The molecule has 1 amide bonds. The molecule has 4 heterocycles. The maximum absolute atomic E-state index is 13.6. The number of thioether (sulfide) groups is 1. The maximum Gasteiger partial charge on any atom is 0.278 e. The van der Waals surface area contributed by atoms with Gasteiger partial charge in [-0.3, -0.25) is 19.3 Å². The van der Waals surface area contributed by atoms with E-state index in [1.165, 1.54) is 19.1 Å². The van der Waals surface area contributed by atoms with Crippen LogP contribution in [0.5, 0.6) is 5.75 Å². The maximum atomic E-state index is 13.6. The molecule has 2 fully saturated rings. The van der Waals surface area contributed by atoms with Crippen molar-refractivity contribution in [3.63, 3.8) is 0 Å². The molecule has 1 saturated carbocycles. The van der Waals surface area contributed by atoms with Crippen LogP contribution in [0.4, 0.5) is 4.39 Å². The number of hydrogen-bond acceptors (Lipinski definition) is 5. The van der Waals surface area contributed by atoms with Crippen molar-refractivity contribution in [2.75, 3.05) is 17.3 Å². The summed E-state index contributed by atoms with van der Waals surface area (Å²) in [6.45, 7) is 2.02. The molecule has 186 valence electrons. The van der Waals surface area contributed by atoms with Gasteiger partial charge in [0, 0.05) is 29.5 Å². The topological polar surface area (TPSA) is 65.8 Å². The second kappa shape index (κ2) is 8.69. The number of aromatic hydroxyl groups is 1. The third kappa shape index (κ3) is 3.88. The minimum atomic E-state index is -0.562. The number of aromatic nitrogens is 1. The number of carbonyl (C=O) groups is 1. The van der Waals surface area contributed by atoms with Gasteiger partial charge in [0.05, 0.1) is 11.9 Å². The molecule has 1 aromatic carbocycles. The van der Waals surface area contributed by atoms with E-state index in [9.17, 15) is 19.1 Å². The number of rotatable bonds is 3. The highest BCUT2D eigenvalue weighted by molar-refractivity contribution is 7.99. The predicted molar refractivity (Wildman–Crippen MR) is 138 cm³/mol. The van der Waals surface area contributed by atoms with Gasteiger partial charge in [0.1, 0.15) is 6.17 Å². The van der Waals surface area contributed by atoms with E-state index in [4.69, 9.17) is 0 Å². The largest absolute Gasteiger partial charge is 0.502 e. The first kappa shape index (κ1) is 23.2. The van der Waals surface area contributed by atoms with E-state index >= 15 is 0 Å². The lowest BCUT2D eigenvalue weighted by Gasteiger charge is -2.52. The van der Waals surface area contributed by atoms with Gasteiger partial charge < -0.3 is 10.0 Å². The number of benzene rings is 1. The Labute approximate surface area is 213 Å². The van der Waals surface area contributed by atoms with Gasteiger partial charge in [0.25, 0.3) is 5.91 Å². The number of pyridine rings is 1. The predicted octanol–water partition coefficient (Wildman–Crippen LogP) is 5.05. The number of piperidine rings is 1. The summed E-state index contributed by atoms with van der Waals surface area (Å²) in [5, 5.41) is 12.9. The first-order valence-electron chi connectivity index (χ1n) is 12.3. The Kier molecular flexibility index (Phi) is 5.59. The summed E-state index contributed by atoms with van der Waals surface area (Å²) in [4.78, 5) is 28.9. The Morgan fingerprint density at radius 3 is 2.78 bits per heavy atom. The van der Waals surface area contributed by atoms with Crippen molar-refractivity contribution in [1.29, 1.82) is 0 Å². The number of carbonyl (C=O) groups excluding carboxylic acids is 1. The molecule has 1 aromatic heterocycles. The van der Waals surface area contributed by atoms with Crippen molar-refractivity contribution in [1.82, 2.24) is 9.58 Å². The number of allylic oxidation sites excluding steroid dienone is 4. The summed E-state index contributed by atoms with van der Waals surface area (Å²) >= 11 is 1.72. The zero-order chi connectivity index (χ0) is 25.0. The molecule has 1 aliphatic carbocycles. The average Bonchev–Trinajstić information content (AvgIpc) is 3.64. The highest BCUT2D eigenvalue weighted by atomic mass is 32.2. The molecule has 1 saturated heterocycles. The molecule has 1 spiro atoms. The number of hydrogen-bond donors (Lipinski definition) is 1. The van der Waals surface area contributed by atoms with Crippen molar-refractivity contribution in [2.45, 2.75) is 49.7 Å². The fraction of sp³-hybridized carbons (Fsp3) is 0.357. The molecule has 36 heavy (non-hydrogen) atoms. The van der Waals surface area contributed by atoms with Gasteiger partial charge in [-0.2, -0.15) is 0 Å². The van der Waals surface area contributed by atoms with Gasteiger partial charge >= 0.3 is 0 Å². The van der Waals surface area contributed by atoms with Crippen LogP contribution in [-0.4, -0.2) is 39.1 Å². The standard InChI is InChI=1S/C28H28FN3O3S/c1-18(29)5-4-6-19-15-21(20-7-2-3-8-23(20)36-17-19)32-24-16-28(10-11-28)12-14-30(24)27(35)25-26(34)22(33)9-13-31(25)32/h2-9,13,15,21,24,34H,10-12,14,16-17H2,1H3/b6-4-,18-5+/t21-,24+/m0/s1. The Morgan fingerprint density at radius 2 is 2.00 bits per heavy atom. The Bertz CT molecular complexity index is 1390. The van der Waals surface area contributed by atoms with Gasteiger partial charge in [-0.1, -0.05) is 36.4 Å². The van der Waals surface area contributed by atoms with Crippen molar-refractivity contribution < 1.29 is 14.3 Å². The molecule has 6 rings (SSSR count). The molecular formula is C28H28FN3O3S.